The van der Waals surface area contributed by atoms with E-state index in [2.05, 4.69) is 17.4 Å². The van der Waals surface area contributed by atoms with Crippen LogP contribution in [0.2, 0.25) is 0 Å². The van der Waals surface area contributed by atoms with Crippen molar-refractivity contribution in [2.24, 2.45) is 0 Å². The number of hydrogen-bond acceptors (Lipinski definition) is 2. The van der Waals surface area contributed by atoms with Crippen LogP contribution >= 0.6 is 22.6 Å². The van der Waals surface area contributed by atoms with Crippen LogP contribution < -0.4 is 11.1 Å². The summed E-state index contributed by atoms with van der Waals surface area (Å²) < 4.78 is 14.1. The molecule has 1 fully saturated rings. The second kappa shape index (κ2) is 5.00. The highest BCUT2D eigenvalue weighted by atomic mass is 127. The number of rotatable bonds is 3. The van der Waals surface area contributed by atoms with E-state index in [4.69, 9.17) is 5.73 Å². The highest BCUT2D eigenvalue weighted by Crippen LogP contribution is 2.43. The van der Waals surface area contributed by atoms with Crippen LogP contribution in [0.25, 0.3) is 0 Å². The van der Waals surface area contributed by atoms with E-state index in [0.717, 1.165) is 6.42 Å². The molecule has 2 unspecified atom stereocenters. The van der Waals surface area contributed by atoms with Gasteiger partial charge < -0.3 is 11.1 Å². The van der Waals surface area contributed by atoms with Crippen LogP contribution in [0.4, 0.5) is 15.8 Å². The Bertz CT molecular complexity index is 601. The van der Waals surface area contributed by atoms with E-state index in [1.165, 1.54) is 11.6 Å². The molecule has 3 rings (SSSR count). The summed E-state index contributed by atoms with van der Waals surface area (Å²) in [6.07, 6.45) is 1.07. The lowest BCUT2D eigenvalue weighted by molar-refractivity contribution is 0.621. The zero-order chi connectivity index (χ0) is 13.4. The van der Waals surface area contributed by atoms with Gasteiger partial charge in [0.05, 0.1) is 14.9 Å². The summed E-state index contributed by atoms with van der Waals surface area (Å²) in [5, 5.41) is 3.33. The molecule has 1 aliphatic carbocycles. The minimum absolute atomic E-state index is 0.228. The van der Waals surface area contributed by atoms with Crippen molar-refractivity contribution in [3.8, 4) is 0 Å². The number of nitrogens with one attached hydrogen (secondary N) is 1. The minimum atomic E-state index is -0.228. The van der Waals surface area contributed by atoms with Crippen molar-refractivity contribution in [3.05, 3.63) is 57.4 Å². The molecule has 1 saturated carbocycles. The maximum atomic E-state index is 13.5. The zero-order valence-electron chi connectivity index (χ0n) is 10.2. The molecule has 0 spiro atoms. The molecule has 0 heterocycles. The molecule has 19 heavy (non-hydrogen) atoms. The number of halogens is 2. The van der Waals surface area contributed by atoms with Gasteiger partial charge in [0.2, 0.25) is 0 Å². The molecule has 0 amide bonds. The van der Waals surface area contributed by atoms with Gasteiger partial charge in [-0.3, -0.25) is 0 Å². The van der Waals surface area contributed by atoms with Crippen molar-refractivity contribution < 1.29 is 4.39 Å². The quantitative estimate of drug-likeness (QED) is 0.635. The molecular formula is C15H14FIN2. The third kappa shape index (κ3) is 2.68. The Labute approximate surface area is 125 Å². The van der Waals surface area contributed by atoms with E-state index in [9.17, 15) is 4.39 Å². The molecule has 98 valence electrons. The molecule has 2 aromatic rings. The molecule has 4 heteroatoms. The monoisotopic (exact) mass is 368 g/mol. The highest BCUT2D eigenvalue weighted by Gasteiger charge is 2.38. The average molecular weight is 368 g/mol. The fraction of sp³-hybridized carbons (Fsp3) is 0.200. The molecule has 0 radical (unpaired) electrons. The molecule has 2 atom stereocenters. The summed E-state index contributed by atoms with van der Waals surface area (Å²) >= 11 is 1.95. The van der Waals surface area contributed by atoms with E-state index < -0.39 is 0 Å². The standard InChI is InChI=1S/C15H14FIN2/c16-11-7-15(13(18)8-12(11)17)19-14-6-10(14)9-4-2-1-3-5-9/h1-5,7-8,10,14,19H,6,18H2. The van der Waals surface area contributed by atoms with Gasteiger partial charge >= 0.3 is 0 Å². The third-order valence-electron chi connectivity index (χ3n) is 3.45. The van der Waals surface area contributed by atoms with Gasteiger partial charge in [0.1, 0.15) is 5.82 Å². The molecule has 0 aromatic heterocycles. The fourth-order valence-electron chi connectivity index (χ4n) is 2.31. The predicted octanol–water partition coefficient (Wildman–Crippen LogP) is 3.98. The number of hydrogen-bond donors (Lipinski definition) is 2. The van der Waals surface area contributed by atoms with Crippen LogP contribution in [0.1, 0.15) is 17.9 Å². The maximum Gasteiger partial charge on any atom is 0.138 e. The number of nitrogen functional groups attached to an aromatic ring is 1. The SMILES string of the molecule is Nc1cc(I)c(F)cc1NC1CC1c1ccccc1. The van der Waals surface area contributed by atoms with E-state index in [1.807, 2.05) is 40.8 Å². The first-order valence-electron chi connectivity index (χ1n) is 6.21. The summed E-state index contributed by atoms with van der Waals surface area (Å²) in [4.78, 5) is 0. The molecule has 1 aliphatic rings. The van der Waals surface area contributed by atoms with Gasteiger partial charge in [0, 0.05) is 18.0 Å². The average Bonchev–Trinajstić information content (AvgIpc) is 3.16. The van der Waals surface area contributed by atoms with Crippen LogP contribution in [-0.4, -0.2) is 6.04 Å². The molecule has 0 aliphatic heterocycles. The Morgan fingerprint density at radius 2 is 1.95 bits per heavy atom. The molecular weight excluding hydrogens is 354 g/mol. The Morgan fingerprint density at radius 3 is 2.68 bits per heavy atom. The van der Waals surface area contributed by atoms with Gasteiger partial charge in [-0.05, 0) is 40.6 Å². The Kier molecular flexibility index (Phi) is 3.35. The number of benzene rings is 2. The second-order valence-corrected chi connectivity index (χ2v) is 6.02. The molecule has 0 saturated heterocycles. The molecule has 2 nitrogen and oxygen atoms in total. The zero-order valence-corrected chi connectivity index (χ0v) is 12.4. The van der Waals surface area contributed by atoms with Crippen molar-refractivity contribution in [1.29, 1.82) is 0 Å². The summed E-state index contributed by atoms with van der Waals surface area (Å²) in [6, 6.07) is 13.9. The van der Waals surface area contributed by atoms with Gasteiger partial charge in [0.25, 0.3) is 0 Å². The molecule has 3 N–H and O–H groups in total. The lowest BCUT2D eigenvalue weighted by Gasteiger charge is -2.10. The van der Waals surface area contributed by atoms with E-state index in [1.54, 1.807) is 6.07 Å². The van der Waals surface area contributed by atoms with Gasteiger partial charge in [-0.25, -0.2) is 4.39 Å². The van der Waals surface area contributed by atoms with Crippen LogP contribution in [-0.2, 0) is 0 Å². The van der Waals surface area contributed by atoms with Gasteiger partial charge in [-0.1, -0.05) is 30.3 Å². The first-order chi connectivity index (χ1) is 9.15. The van der Waals surface area contributed by atoms with Gasteiger partial charge in [-0.2, -0.15) is 0 Å². The fourth-order valence-corrected chi connectivity index (χ4v) is 2.80. The van der Waals surface area contributed by atoms with E-state index in [-0.39, 0.29) is 5.82 Å². The molecule has 0 bridgehead atoms. The van der Waals surface area contributed by atoms with Gasteiger partial charge in [-0.15, -0.1) is 0 Å². The first kappa shape index (κ1) is 12.7. The summed E-state index contributed by atoms with van der Waals surface area (Å²) in [5.74, 6) is 0.275. The summed E-state index contributed by atoms with van der Waals surface area (Å²) in [7, 11) is 0. The van der Waals surface area contributed by atoms with Crippen molar-refractivity contribution in [3.63, 3.8) is 0 Å². The Hall–Kier alpha value is -1.30. The topological polar surface area (TPSA) is 38.0 Å². The third-order valence-corrected chi connectivity index (χ3v) is 4.28. The lowest BCUT2D eigenvalue weighted by Crippen LogP contribution is -2.07. The van der Waals surface area contributed by atoms with Gasteiger partial charge in [0.15, 0.2) is 0 Å². The van der Waals surface area contributed by atoms with Crippen molar-refractivity contribution in [1.82, 2.24) is 0 Å². The smallest absolute Gasteiger partial charge is 0.138 e. The van der Waals surface area contributed by atoms with Crippen LogP contribution in [0.3, 0.4) is 0 Å². The van der Waals surface area contributed by atoms with Crippen LogP contribution in [0.5, 0.6) is 0 Å². The van der Waals surface area contributed by atoms with Crippen molar-refractivity contribution in [2.75, 3.05) is 11.1 Å². The minimum Gasteiger partial charge on any atom is -0.397 e. The van der Waals surface area contributed by atoms with Crippen LogP contribution in [0, 0.1) is 9.39 Å². The first-order valence-corrected chi connectivity index (χ1v) is 7.29. The lowest BCUT2D eigenvalue weighted by atomic mass is 10.1. The number of nitrogens with two attached hydrogens (primary N) is 1. The Balaban J connectivity index is 1.73. The van der Waals surface area contributed by atoms with Crippen LogP contribution in [0.15, 0.2) is 42.5 Å². The van der Waals surface area contributed by atoms with Crippen molar-refractivity contribution in [2.45, 2.75) is 18.4 Å². The largest absolute Gasteiger partial charge is 0.397 e. The van der Waals surface area contributed by atoms with E-state index in [0.29, 0.717) is 26.9 Å². The second-order valence-electron chi connectivity index (χ2n) is 4.86. The Morgan fingerprint density at radius 1 is 1.21 bits per heavy atom. The number of anilines is 2. The summed E-state index contributed by atoms with van der Waals surface area (Å²) in [6.45, 7) is 0. The molecule has 2 aromatic carbocycles. The predicted molar refractivity (Wildman–Crippen MR) is 84.7 cm³/mol. The summed E-state index contributed by atoms with van der Waals surface area (Å²) in [5.41, 5.74) is 8.54. The van der Waals surface area contributed by atoms with Crippen molar-refractivity contribution >= 4 is 34.0 Å². The maximum absolute atomic E-state index is 13.5. The normalized spacial score (nSPS) is 21.2. The van der Waals surface area contributed by atoms with E-state index >= 15 is 0 Å². The highest BCUT2D eigenvalue weighted by molar-refractivity contribution is 14.1.